The molecule has 0 saturated carbocycles. The summed E-state index contributed by atoms with van der Waals surface area (Å²) in [5, 5.41) is 14.7. The number of anilines is 1. The van der Waals surface area contributed by atoms with Gasteiger partial charge in [0.1, 0.15) is 0 Å². The van der Waals surface area contributed by atoms with Crippen molar-refractivity contribution in [3.05, 3.63) is 76.3 Å². The molecule has 0 aromatic heterocycles. The van der Waals surface area contributed by atoms with Crippen molar-refractivity contribution in [2.45, 2.75) is 6.54 Å². The molecule has 0 fully saturated rings. The summed E-state index contributed by atoms with van der Waals surface area (Å²) >= 11 is 3.44. The van der Waals surface area contributed by atoms with Crippen molar-refractivity contribution >= 4 is 32.4 Å². The molecule has 0 atom stereocenters. The van der Waals surface area contributed by atoms with Crippen molar-refractivity contribution in [3.8, 4) is 6.07 Å². The largest absolute Gasteiger partial charge is 0.380 e. The Morgan fingerprint density at radius 3 is 2.33 bits per heavy atom. The molecule has 0 unspecified atom stereocenters. The molecule has 3 heteroatoms. The van der Waals surface area contributed by atoms with E-state index in [2.05, 4.69) is 39.4 Å². The number of nitriles is 1. The third-order valence-electron chi connectivity index (χ3n) is 3.44. The summed E-state index contributed by atoms with van der Waals surface area (Å²) in [6.45, 7) is 0.753. The summed E-state index contributed by atoms with van der Waals surface area (Å²) in [5.41, 5.74) is 2.97. The smallest absolute Gasteiger partial charge is 0.0998 e. The molecule has 1 N–H and O–H groups in total. The first-order valence-electron chi connectivity index (χ1n) is 6.68. The van der Waals surface area contributed by atoms with Crippen LogP contribution in [-0.2, 0) is 6.54 Å². The van der Waals surface area contributed by atoms with Crippen molar-refractivity contribution in [2.24, 2.45) is 0 Å². The Bertz CT molecular complexity index is 817. The highest BCUT2D eigenvalue weighted by molar-refractivity contribution is 9.10. The summed E-state index contributed by atoms with van der Waals surface area (Å²) in [6.07, 6.45) is 0. The van der Waals surface area contributed by atoms with E-state index in [4.69, 9.17) is 0 Å². The number of hydrogen-bond donors (Lipinski definition) is 1. The third-order valence-corrected chi connectivity index (χ3v) is 3.97. The van der Waals surface area contributed by atoms with E-state index in [1.807, 2.05) is 48.5 Å². The highest BCUT2D eigenvalue weighted by atomic mass is 79.9. The topological polar surface area (TPSA) is 35.8 Å². The first-order chi connectivity index (χ1) is 10.3. The lowest BCUT2D eigenvalue weighted by Crippen LogP contribution is -2.00. The van der Waals surface area contributed by atoms with Crippen LogP contribution in [0.5, 0.6) is 0 Å². The second-order valence-electron chi connectivity index (χ2n) is 4.80. The summed E-state index contributed by atoms with van der Waals surface area (Å²) in [5.74, 6) is 0. The fourth-order valence-corrected chi connectivity index (χ4v) is 2.61. The van der Waals surface area contributed by atoms with Crippen molar-refractivity contribution in [2.75, 3.05) is 5.32 Å². The van der Waals surface area contributed by atoms with Gasteiger partial charge in [-0.2, -0.15) is 5.26 Å². The predicted octanol–water partition coefficient (Wildman–Crippen LogP) is 5.09. The van der Waals surface area contributed by atoms with Crippen LogP contribution in [0.4, 0.5) is 5.69 Å². The van der Waals surface area contributed by atoms with Gasteiger partial charge in [-0.05, 0) is 29.8 Å². The fraction of sp³-hybridized carbons (Fsp3) is 0.0556. The zero-order valence-electron chi connectivity index (χ0n) is 11.3. The Morgan fingerprint density at radius 1 is 0.905 bits per heavy atom. The minimum atomic E-state index is 0.708. The lowest BCUT2D eigenvalue weighted by atomic mass is 10.0. The maximum absolute atomic E-state index is 9.19. The lowest BCUT2D eigenvalue weighted by molar-refractivity contribution is 1.15. The van der Waals surface area contributed by atoms with Crippen molar-refractivity contribution in [1.82, 2.24) is 0 Å². The van der Waals surface area contributed by atoms with Crippen LogP contribution in [0, 0.1) is 11.3 Å². The zero-order valence-corrected chi connectivity index (χ0v) is 12.9. The molecule has 0 spiro atoms. The molecule has 3 rings (SSSR count). The molecule has 0 saturated heterocycles. The van der Waals surface area contributed by atoms with E-state index in [0.29, 0.717) is 5.56 Å². The van der Waals surface area contributed by atoms with E-state index in [1.165, 1.54) is 5.56 Å². The molecule has 21 heavy (non-hydrogen) atoms. The van der Waals surface area contributed by atoms with Gasteiger partial charge in [-0.3, -0.25) is 0 Å². The van der Waals surface area contributed by atoms with Gasteiger partial charge in [-0.1, -0.05) is 52.3 Å². The summed E-state index contributed by atoms with van der Waals surface area (Å²) in [7, 11) is 0. The van der Waals surface area contributed by atoms with Crippen molar-refractivity contribution in [1.29, 1.82) is 5.26 Å². The summed E-state index contributed by atoms with van der Waals surface area (Å²) in [6, 6.07) is 22.3. The molecule has 0 aliphatic heterocycles. The number of halogens is 1. The summed E-state index contributed by atoms with van der Waals surface area (Å²) in [4.78, 5) is 0. The standard InChI is InChI=1S/C18H13BrN2/c19-15-8-5-13(6-9-15)12-21-18-10-7-14(11-20)16-3-1-2-4-17(16)18/h1-10,21H,12H2. The second-order valence-corrected chi connectivity index (χ2v) is 5.71. The van der Waals surface area contributed by atoms with Crippen LogP contribution in [0.15, 0.2) is 65.1 Å². The van der Waals surface area contributed by atoms with Gasteiger partial charge in [0.25, 0.3) is 0 Å². The molecule has 3 aromatic rings. The SMILES string of the molecule is N#Cc1ccc(NCc2ccc(Br)cc2)c2ccccc12. The van der Waals surface area contributed by atoms with E-state index in [9.17, 15) is 5.26 Å². The highest BCUT2D eigenvalue weighted by Crippen LogP contribution is 2.26. The van der Waals surface area contributed by atoms with Gasteiger partial charge in [0.15, 0.2) is 0 Å². The molecule has 2 nitrogen and oxygen atoms in total. The minimum Gasteiger partial charge on any atom is -0.380 e. The number of nitrogens with zero attached hydrogens (tertiary/aromatic N) is 1. The normalized spacial score (nSPS) is 10.3. The molecule has 3 aromatic carbocycles. The van der Waals surface area contributed by atoms with Gasteiger partial charge in [0.05, 0.1) is 11.6 Å². The molecular weight excluding hydrogens is 324 g/mol. The number of hydrogen-bond acceptors (Lipinski definition) is 2. The number of benzene rings is 3. The maximum Gasteiger partial charge on any atom is 0.0998 e. The van der Waals surface area contributed by atoms with Crippen LogP contribution in [-0.4, -0.2) is 0 Å². The second kappa shape index (κ2) is 5.99. The Morgan fingerprint density at radius 2 is 1.62 bits per heavy atom. The number of nitrogens with one attached hydrogen (secondary N) is 1. The third kappa shape index (κ3) is 2.91. The first kappa shape index (κ1) is 13.7. The monoisotopic (exact) mass is 336 g/mol. The molecule has 0 aliphatic carbocycles. The molecule has 102 valence electrons. The Hall–Kier alpha value is -2.31. The molecule has 0 aliphatic rings. The van der Waals surface area contributed by atoms with E-state index in [-0.39, 0.29) is 0 Å². The lowest BCUT2D eigenvalue weighted by Gasteiger charge is -2.11. The van der Waals surface area contributed by atoms with Crippen molar-refractivity contribution in [3.63, 3.8) is 0 Å². The van der Waals surface area contributed by atoms with E-state index in [1.54, 1.807) is 0 Å². The van der Waals surface area contributed by atoms with E-state index >= 15 is 0 Å². The van der Waals surface area contributed by atoms with Crippen LogP contribution in [0.1, 0.15) is 11.1 Å². The molecule has 0 radical (unpaired) electrons. The van der Waals surface area contributed by atoms with Gasteiger partial charge in [-0.15, -0.1) is 0 Å². The number of rotatable bonds is 3. The van der Waals surface area contributed by atoms with Crippen LogP contribution in [0.25, 0.3) is 10.8 Å². The van der Waals surface area contributed by atoms with Crippen LogP contribution >= 0.6 is 15.9 Å². The summed E-state index contributed by atoms with van der Waals surface area (Å²) < 4.78 is 1.08. The zero-order chi connectivity index (χ0) is 14.7. The average Bonchev–Trinajstić information content (AvgIpc) is 2.54. The van der Waals surface area contributed by atoms with Gasteiger partial charge in [0.2, 0.25) is 0 Å². The molecule has 0 amide bonds. The Kier molecular flexibility index (Phi) is 3.89. The van der Waals surface area contributed by atoms with Crippen LogP contribution in [0.2, 0.25) is 0 Å². The van der Waals surface area contributed by atoms with Crippen LogP contribution < -0.4 is 5.32 Å². The molecule has 0 bridgehead atoms. The number of fused-ring (bicyclic) bond motifs is 1. The predicted molar refractivity (Wildman–Crippen MR) is 90.1 cm³/mol. The fourth-order valence-electron chi connectivity index (χ4n) is 2.35. The van der Waals surface area contributed by atoms with E-state index < -0.39 is 0 Å². The minimum absolute atomic E-state index is 0.708. The Balaban J connectivity index is 1.91. The molecule has 0 heterocycles. The van der Waals surface area contributed by atoms with Crippen LogP contribution in [0.3, 0.4) is 0 Å². The van der Waals surface area contributed by atoms with Gasteiger partial charge in [-0.25, -0.2) is 0 Å². The Labute approximate surface area is 132 Å². The van der Waals surface area contributed by atoms with Crippen molar-refractivity contribution < 1.29 is 0 Å². The highest BCUT2D eigenvalue weighted by Gasteiger charge is 2.05. The van der Waals surface area contributed by atoms with Gasteiger partial charge >= 0.3 is 0 Å². The first-order valence-corrected chi connectivity index (χ1v) is 7.47. The van der Waals surface area contributed by atoms with E-state index in [0.717, 1.165) is 27.5 Å². The van der Waals surface area contributed by atoms with Gasteiger partial charge in [0, 0.05) is 27.5 Å². The molecular formula is C18H13BrN2. The quantitative estimate of drug-likeness (QED) is 0.723. The van der Waals surface area contributed by atoms with Gasteiger partial charge < -0.3 is 5.32 Å². The average molecular weight is 337 g/mol. The maximum atomic E-state index is 9.19.